The van der Waals surface area contributed by atoms with Crippen LogP contribution in [-0.4, -0.2) is 49.4 Å². The number of nitrogens with zero attached hydrogens (tertiary/aromatic N) is 2. The lowest BCUT2D eigenvalue weighted by Crippen LogP contribution is -2.39. The number of anilines is 1. The van der Waals surface area contributed by atoms with E-state index in [4.69, 9.17) is 23.2 Å². The molecule has 2 aromatic carbocycles. The lowest BCUT2D eigenvalue weighted by Gasteiger charge is -2.29. The van der Waals surface area contributed by atoms with Gasteiger partial charge in [0.15, 0.2) is 6.54 Å². The first-order valence-corrected chi connectivity index (χ1v) is 18.2. The highest BCUT2D eigenvalue weighted by molar-refractivity contribution is 8.00. The Labute approximate surface area is 247 Å². The molecule has 214 valence electrons. The monoisotopic (exact) mass is 653 g/mol. The number of thiazole rings is 1. The van der Waals surface area contributed by atoms with Gasteiger partial charge in [0, 0.05) is 40.4 Å². The van der Waals surface area contributed by atoms with Crippen LogP contribution < -0.4 is 9.47 Å². The third-order valence-corrected chi connectivity index (χ3v) is 11.3. The Morgan fingerprint density at radius 2 is 1.67 bits per heavy atom. The highest BCUT2D eigenvalue weighted by Gasteiger charge is 2.33. The maximum atomic E-state index is 11.3. The molecule has 39 heavy (non-hydrogen) atoms. The predicted octanol–water partition coefficient (Wildman–Crippen LogP) is 5.95. The molecule has 4 rings (SSSR count). The SMILES string of the molecule is CCC(Cc1sc2ccc(Cl)cc2[n+]1CCCS(=O)(=O)O)CC1Sc2ccc(Cl)cc2N1CCCS(=O)(=O)O. The van der Waals surface area contributed by atoms with Crippen LogP contribution in [-0.2, 0) is 33.2 Å². The zero-order valence-corrected chi connectivity index (χ0v) is 26.1. The van der Waals surface area contributed by atoms with Gasteiger partial charge in [0.1, 0.15) is 4.70 Å². The first kappa shape index (κ1) is 30.8. The topological polar surface area (TPSA) is 116 Å². The number of fused-ring (bicyclic) bond motifs is 2. The molecule has 1 aliphatic heterocycles. The quantitative estimate of drug-likeness (QED) is 0.172. The summed E-state index contributed by atoms with van der Waals surface area (Å²) < 4.78 is 66.9. The molecule has 0 aliphatic carbocycles. The van der Waals surface area contributed by atoms with Crippen LogP contribution in [0.2, 0.25) is 10.0 Å². The van der Waals surface area contributed by atoms with E-state index in [1.54, 1.807) is 23.1 Å². The molecule has 0 saturated carbocycles. The standard InChI is InChI=1S/C25H30Cl2N2O6S4/c1-2-17(13-24-28(9-3-11-38(30,31)32)20-15-18(26)5-7-22(20)36-24)14-25-29(10-4-12-39(33,34)35)21-16-19(27)6-8-23(21)37-25/h5-8,15-17,24H,2-4,9-14H2,1H3,(H-,30,31,32,33,34,35)/p+1. The molecule has 2 N–H and O–H groups in total. The van der Waals surface area contributed by atoms with Crippen molar-refractivity contribution in [2.75, 3.05) is 23.0 Å². The summed E-state index contributed by atoms with van der Waals surface area (Å²) in [6.07, 6.45) is 3.09. The fourth-order valence-corrected chi connectivity index (χ4v) is 8.92. The minimum absolute atomic E-state index is 0.0709. The molecule has 2 heterocycles. The van der Waals surface area contributed by atoms with E-state index in [0.717, 1.165) is 45.1 Å². The molecule has 1 aliphatic rings. The van der Waals surface area contributed by atoms with E-state index < -0.39 is 20.2 Å². The Kier molecular flexibility index (Phi) is 10.1. The van der Waals surface area contributed by atoms with Crippen molar-refractivity contribution >= 4 is 82.4 Å². The molecule has 0 bridgehead atoms. The van der Waals surface area contributed by atoms with Gasteiger partial charge in [0.2, 0.25) is 10.5 Å². The van der Waals surface area contributed by atoms with Crippen molar-refractivity contribution in [1.29, 1.82) is 0 Å². The van der Waals surface area contributed by atoms with Crippen LogP contribution in [0.25, 0.3) is 10.2 Å². The minimum atomic E-state index is -4.05. The minimum Gasteiger partial charge on any atom is -0.358 e. The Balaban J connectivity index is 1.56. The van der Waals surface area contributed by atoms with Crippen LogP contribution in [0.3, 0.4) is 0 Å². The highest BCUT2D eigenvalue weighted by atomic mass is 35.5. The van der Waals surface area contributed by atoms with Crippen molar-refractivity contribution in [3.63, 3.8) is 0 Å². The summed E-state index contributed by atoms with van der Waals surface area (Å²) >= 11 is 16.0. The van der Waals surface area contributed by atoms with Crippen molar-refractivity contribution < 1.29 is 30.5 Å². The summed E-state index contributed by atoms with van der Waals surface area (Å²) in [5.74, 6) is -0.332. The largest absolute Gasteiger partial charge is 0.358 e. The highest BCUT2D eigenvalue weighted by Crippen LogP contribution is 2.47. The smallest absolute Gasteiger partial charge is 0.265 e. The van der Waals surface area contributed by atoms with Crippen molar-refractivity contribution in [2.45, 2.75) is 55.8 Å². The predicted molar refractivity (Wildman–Crippen MR) is 160 cm³/mol. The summed E-state index contributed by atoms with van der Waals surface area (Å²) in [5, 5.41) is 2.39. The molecule has 3 aromatic rings. The number of rotatable bonds is 13. The van der Waals surface area contributed by atoms with E-state index in [0.29, 0.717) is 29.6 Å². The fourth-order valence-electron chi connectivity index (χ4n) is 4.87. The van der Waals surface area contributed by atoms with Crippen molar-refractivity contribution in [3.05, 3.63) is 51.5 Å². The summed E-state index contributed by atoms with van der Waals surface area (Å²) in [6.45, 7) is 3.05. The number of thioether (sulfide) groups is 1. The molecule has 2 atom stereocenters. The third kappa shape index (κ3) is 8.45. The van der Waals surface area contributed by atoms with Crippen LogP contribution in [0.4, 0.5) is 5.69 Å². The molecule has 2 unspecified atom stereocenters. The molecule has 0 fully saturated rings. The lowest BCUT2D eigenvalue weighted by atomic mass is 9.98. The zero-order valence-electron chi connectivity index (χ0n) is 21.3. The molecule has 0 saturated heterocycles. The first-order chi connectivity index (χ1) is 18.3. The van der Waals surface area contributed by atoms with Crippen LogP contribution in [0, 0.1) is 5.92 Å². The van der Waals surface area contributed by atoms with E-state index >= 15 is 0 Å². The number of halogens is 2. The molecule has 0 amide bonds. The van der Waals surface area contributed by atoms with Crippen molar-refractivity contribution in [3.8, 4) is 0 Å². The Morgan fingerprint density at radius 3 is 2.36 bits per heavy atom. The van der Waals surface area contributed by atoms with E-state index in [2.05, 4.69) is 16.4 Å². The Morgan fingerprint density at radius 1 is 1.00 bits per heavy atom. The van der Waals surface area contributed by atoms with Gasteiger partial charge in [-0.1, -0.05) is 59.6 Å². The molecular formula is C25H31Cl2N2O6S4+. The number of hydrogen-bond acceptors (Lipinski definition) is 7. The molecule has 14 heteroatoms. The van der Waals surface area contributed by atoms with Gasteiger partial charge in [-0.15, -0.1) is 0 Å². The number of benzene rings is 2. The molecule has 8 nitrogen and oxygen atoms in total. The number of aromatic nitrogens is 1. The average molecular weight is 655 g/mol. The summed E-state index contributed by atoms with van der Waals surface area (Å²) in [4.78, 5) is 3.27. The van der Waals surface area contributed by atoms with Gasteiger partial charge in [0.05, 0.1) is 22.6 Å². The van der Waals surface area contributed by atoms with E-state index in [1.165, 1.54) is 0 Å². The Hall–Kier alpha value is -1.12. The second-order valence-corrected chi connectivity index (χ2v) is 16.0. The number of hydrogen-bond donors (Lipinski definition) is 2. The first-order valence-electron chi connectivity index (χ1n) is 12.6. The van der Waals surface area contributed by atoms with Crippen molar-refractivity contribution in [1.82, 2.24) is 0 Å². The van der Waals surface area contributed by atoms with Crippen molar-refractivity contribution in [2.24, 2.45) is 5.92 Å². The van der Waals surface area contributed by atoms with E-state index in [9.17, 15) is 25.9 Å². The fraction of sp³-hybridized carbons (Fsp3) is 0.480. The van der Waals surface area contributed by atoms with Gasteiger partial charge in [-0.05, 0) is 49.1 Å². The van der Waals surface area contributed by atoms with Crippen LogP contribution >= 0.6 is 46.3 Å². The van der Waals surface area contributed by atoms with E-state index in [-0.39, 0.29) is 29.2 Å². The molecule has 0 spiro atoms. The van der Waals surface area contributed by atoms with Gasteiger partial charge >= 0.3 is 0 Å². The average Bonchev–Trinajstić information content (AvgIpc) is 3.34. The normalized spacial score (nSPS) is 16.6. The second-order valence-electron chi connectivity index (χ2n) is 9.63. The maximum absolute atomic E-state index is 11.3. The molecule has 0 radical (unpaired) electrons. The van der Waals surface area contributed by atoms with Crippen LogP contribution in [0.5, 0.6) is 0 Å². The maximum Gasteiger partial charge on any atom is 0.265 e. The summed E-state index contributed by atoms with van der Waals surface area (Å²) in [5.41, 5.74) is 1.91. The summed E-state index contributed by atoms with van der Waals surface area (Å²) in [6, 6.07) is 11.4. The van der Waals surface area contributed by atoms with Gasteiger partial charge < -0.3 is 4.90 Å². The summed E-state index contributed by atoms with van der Waals surface area (Å²) in [7, 11) is -8.10. The molecule has 1 aromatic heterocycles. The van der Waals surface area contributed by atoms with Crippen LogP contribution in [0.15, 0.2) is 41.3 Å². The van der Waals surface area contributed by atoms with Gasteiger partial charge in [0.25, 0.3) is 20.2 Å². The second kappa shape index (κ2) is 12.8. The zero-order chi connectivity index (χ0) is 28.4. The lowest BCUT2D eigenvalue weighted by molar-refractivity contribution is -0.674. The van der Waals surface area contributed by atoms with Crippen LogP contribution in [0.1, 0.15) is 37.6 Å². The van der Waals surface area contributed by atoms with E-state index in [1.807, 2.05) is 36.4 Å². The van der Waals surface area contributed by atoms with Gasteiger partial charge in [-0.25, -0.2) is 0 Å². The van der Waals surface area contributed by atoms with Gasteiger partial charge in [-0.3, -0.25) is 9.11 Å². The van der Waals surface area contributed by atoms with Gasteiger partial charge in [-0.2, -0.15) is 21.4 Å². The number of aryl methyl sites for hydroxylation is 1. The Bertz CT molecular complexity index is 1550. The third-order valence-electron chi connectivity index (χ3n) is 6.74. The molecular weight excluding hydrogens is 623 g/mol.